The Kier molecular flexibility index (Phi) is 6.43. The van der Waals surface area contributed by atoms with Crippen molar-refractivity contribution in [3.05, 3.63) is 36.0 Å². The van der Waals surface area contributed by atoms with Crippen molar-refractivity contribution in [2.45, 2.75) is 56.5 Å². The van der Waals surface area contributed by atoms with Crippen LogP contribution in [-0.4, -0.2) is 53.3 Å². The fourth-order valence-electron chi connectivity index (χ4n) is 3.56. The lowest BCUT2D eigenvalue weighted by Gasteiger charge is -2.35. The lowest BCUT2D eigenvalue weighted by Crippen LogP contribution is -2.46. The molecule has 0 spiro atoms. The zero-order valence-electron chi connectivity index (χ0n) is 15.2. The van der Waals surface area contributed by atoms with Gasteiger partial charge in [0.1, 0.15) is 5.75 Å². The van der Waals surface area contributed by atoms with E-state index in [0.717, 1.165) is 48.0 Å². The molecule has 6 heteroatoms. The second-order valence-electron chi connectivity index (χ2n) is 6.98. The molecule has 0 aliphatic carbocycles. The maximum absolute atomic E-state index is 9.68. The first-order chi connectivity index (χ1) is 12.6. The van der Waals surface area contributed by atoms with Gasteiger partial charge in [0.2, 0.25) is 0 Å². The first-order valence-corrected chi connectivity index (χ1v) is 9.23. The Bertz CT molecular complexity index is 724. The second kappa shape index (κ2) is 8.77. The molecule has 0 amide bonds. The molecule has 0 saturated carbocycles. The maximum Gasteiger partial charge on any atom is 0.140 e. The molecule has 0 radical (unpaired) electrons. The summed E-state index contributed by atoms with van der Waals surface area (Å²) in [6.45, 7) is -0.268. The van der Waals surface area contributed by atoms with Gasteiger partial charge in [0.25, 0.3) is 0 Å². The van der Waals surface area contributed by atoms with Crippen molar-refractivity contribution in [2.24, 2.45) is 5.73 Å². The number of aliphatic hydroxyl groups excluding tert-OH is 2. The van der Waals surface area contributed by atoms with Crippen LogP contribution in [0, 0.1) is 0 Å². The average Bonchev–Trinajstić information content (AvgIpc) is 2.67. The first-order valence-electron chi connectivity index (χ1n) is 9.23. The van der Waals surface area contributed by atoms with Crippen LogP contribution in [0.1, 0.15) is 31.4 Å². The van der Waals surface area contributed by atoms with E-state index in [1.165, 1.54) is 0 Å². The van der Waals surface area contributed by atoms with Gasteiger partial charge in [-0.15, -0.1) is 0 Å². The van der Waals surface area contributed by atoms with Gasteiger partial charge in [0.05, 0.1) is 43.2 Å². The maximum atomic E-state index is 9.68. The Morgan fingerprint density at radius 1 is 1.35 bits per heavy atom. The predicted molar refractivity (Wildman–Crippen MR) is 100 cm³/mol. The normalized spacial score (nSPS) is 24.5. The Morgan fingerprint density at radius 2 is 2.15 bits per heavy atom. The zero-order valence-corrected chi connectivity index (χ0v) is 15.2. The molecular formula is C20H28N2O4. The van der Waals surface area contributed by atoms with Crippen molar-refractivity contribution in [2.75, 3.05) is 13.7 Å². The summed E-state index contributed by atoms with van der Waals surface area (Å²) in [4.78, 5) is 4.75. The van der Waals surface area contributed by atoms with Gasteiger partial charge in [-0.1, -0.05) is 18.2 Å². The van der Waals surface area contributed by atoms with E-state index in [0.29, 0.717) is 6.42 Å². The number of aliphatic hydroxyl groups is 2. The van der Waals surface area contributed by atoms with E-state index in [4.69, 9.17) is 25.3 Å². The van der Waals surface area contributed by atoms with E-state index < -0.39 is 6.10 Å². The average molecular weight is 360 g/mol. The van der Waals surface area contributed by atoms with Crippen molar-refractivity contribution in [3.63, 3.8) is 0 Å². The minimum absolute atomic E-state index is 0.0728. The molecule has 3 rings (SSSR count). The summed E-state index contributed by atoms with van der Waals surface area (Å²) in [7, 11) is 1.66. The summed E-state index contributed by atoms with van der Waals surface area (Å²) in [6, 6.07) is 9.92. The van der Waals surface area contributed by atoms with Crippen LogP contribution in [0.4, 0.5) is 0 Å². The molecule has 0 bridgehead atoms. The highest BCUT2D eigenvalue weighted by Crippen LogP contribution is 2.28. The molecule has 4 N–H and O–H groups in total. The SMILES string of the molecule is COc1cc2ccccc2nc1CC[C@H]1CC[C@@H](N)[C@@H](CC(O)CO)O1. The molecule has 1 aliphatic rings. The minimum Gasteiger partial charge on any atom is -0.495 e. The highest BCUT2D eigenvalue weighted by molar-refractivity contribution is 5.80. The number of fused-ring (bicyclic) bond motifs is 1. The topological polar surface area (TPSA) is 97.8 Å². The zero-order chi connectivity index (χ0) is 18.5. The number of aryl methyl sites for hydroxylation is 1. The van der Waals surface area contributed by atoms with Gasteiger partial charge in [-0.05, 0) is 37.8 Å². The third-order valence-electron chi connectivity index (χ3n) is 5.07. The van der Waals surface area contributed by atoms with Gasteiger partial charge in [0, 0.05) is 17.8 Å². The largest absolute Gasteiger partial charge is 0.495 e. The Hall–Kier alpha value is -1.73. The standard InChI is InChI=1S/C20H28N2O4/c1-25-20-10-13-4-2-3-5-17(13)22-18(20)9-7-15-6-8-16(21)19(26-15)11-14(24)12-23/h2-5,10,14-16,19,23-24H,6-9,11-12,21H2,1H3/t14?,15-,16-,19-/m1/s1. The Balaban J connectivity index is 1.65. The van der Waals surface area contributed by atoms with E-state index in [9.17, 15) is 5.11 Å². The van der Waals surface area contributed by atoms with Crippen molar-refractivity contribution < 1.29 is 19.7 Å². The summed E-state index contributed by atoms with van der Waals surface area (Å²) in [6.07, 6.45) is 2.76. The number of hydrogen-bond donors (Lipinski definition) is 3. The van der Waals surface area contributed by atoms with E-state index in [2.05, 4.69) is 0 Å². The van der Waals surface area contributed by atoms with Gasteiger partial charge in [-0.3, -0.25) is 0 Å². The van der Waals surface area contributed by atoms with Gasteiger partial charge in [0.15, 0.2) is 0 Å². The highest BCUT2D eigenvalue weighted by Gasteiger charge is 2.30. The minimum atomic E-state index is -0.785. The van der Waals surface area contributed by atoms with Crippen LogP contribution in [0.2, 0.25) is 0 Å². The van der Waals surface area contributed by atoms with Crippen LogP contribution >= 0.6 is 0 Å². The number of nitrogens with zero attached hydrogens (tertiary/aromatic N) is 1. The van der Waals surface area contributed by atoms with Crippen LogP contribution in [0.15, 0.2) is 30.3 Å². The number of ether oxygens (including phenoxy) is 2. The summed E-state index contributed by atoms with van der Waals surface area (Å²) >= 11 is 0. The predicted octanol–water partition coefficient (Wildman–Crippen LogP) is 1.79. The Morgan fingerprint density at radius 3 is 2.92 bits per heavy atom. The van der Waals surface area contributed by atoms with Crippen molar-refractivity contribution >= 4 is 10.9 Å². The van der Waals surface area contributed by atoms with Crippen molar-refractivity contribution in [1.82, 2.24) is 4.98 Å². The molecule has 6 nitrogen and oxygen atoms in total. The van der Waals surface area contributed by atoms with Crippen LogP contribution in [0.5, 0.6) is 5.75 Å². The number of aromatic nitrogens is 1. The number of para-hydroxylation sites is 1. The molecule has 142 valence electrons. The fraction of sp³-hybridized carbons (Fsp3) is 0.550. The van der Waals surface area contributed by atoms with Crippen molar-refractivity contribution in [3.8, 4) is 5.75 Å². The summed E-state index contributed by atoms with van der Waals surface area (Å²) in [5.74, 6) is 0.795. The van der Waals surface area contributed by atoms with Crippen molar-refractivity contribution in [1.29, 1.82) is 0 Å². The molecule has 1 fully saturated rings. The number of hydrogen-bond acceptors (Lipinski definition) is 6. The van der Waals surface area contributed by atoms with E-state index >= 15 is 0 Å². The van der Waals surface area contributed by atoms with Gasteiger partial charge < -0.3 is 25.4 Å². The third kappa shape index (κ3) is 4.51. The molecule has 4 atom stereocenters. The third-order valence-corrected chi connectivity index (χ3v) is 5.07. The molecule has 1 saturated heterocycles. The van der Waals surface area contributed by atoms with E-state index in [-0.39, 0.29) is 24.9 Å². The first kappa shape index (κ1) is 19.0. The number of rotatable bonds is 7. The smallest absolute Gasteiger partial charge is 0.140 e. The number of pyridine rings is 1. The molecule has 2 aromatic rings. The van der Waals surface area contributed by atoms with Crippen LogP contribution in [-0.2, 0) is 11.2 Å². The molecule has 1 aliphatic heterocycles. The quantitative estimate of drug-likeness (QED) is 0.696. The number of benzene rings is 1. The molecule has 1 aromatic carbocycles. The highest BCUT2D eigenvalue weighted by atomic mass is 16.5. The monoisotopic (exact) mass is 360 g/mol. The van der Waals surface area contributed by atoms with Gasteiger partial charge in [-0.25, -0.2) is 4.98 Å². The molecule has 1 aromatic heterocycles. The lowest BCUT2D eigenvalue weighted by atomic mass is 9.93. The van der Waals surface area contributed by atoms with Crippen LogP contribution in [0.25, 0.3) is 10.9 Å². The summed E-state index contributed by atoms with van der Waals surface area (Å²) in [5, 5.41) is 19.8. The van der Waals surface area contributed by atoms with E-state index in [1.807, 2.05) is 30.3 Å². The molecule has 1 unspecified atom stereocenters. The molecule has 26 heavy (non-hydrogen) atoms. The number of methoxy groups -OCH3 is 1. The van der Waals surface area contributed by atoms with Crippen LogP contribution in [0.3, 0.4) is 0 Å². The Labute approximate surface area is 153 Å². The second-order valence-corrected chi connectivity index (χ2v) is 6.98. The number of nitrogens with two attached hydrogens (primary N) is 1. The summed E-state index contributed by atoms with van der Waals surface area (Å²) < 4.78 is 11.6. The summed E-state index contributed by atoms with van der Waals surface area (Å²) in [5.41, 5.74) is 7.99. The molecule has 2 heterocycles. The van der Waals surface area contributed by atoms with Gasteiger partial charge in [-0.2, -0.15) is 0 Å². The van der Waals surface area contributed by atoms with Gasteiger partial charge >= 0.3 is 0 Å². The molecular weight excluding hydrogens is 332 g/mol. The van der Waals surface area contributed by atoms with E-state index in [1.54, 1.807) is 7.11 Å². The lowest BCUT2D eigenvalue weighted by molar-refractivity contribution is -0.0857. The van der Waals surface area contributed by atoms with Crippen LogP contribution < -0.4 is 10.5 Å². The fourth-order valence-corrected chi connectivity index (χ4v) is 3.56.